The molecule has 0 spiro atoms. The zero-order valence-corrected chi connectivity index (χ0v) is 15.8. The molecule has 2 fully saturated rings. The maximum absolute atomic E-state index is 13.0. The Balaban J connectivity index is 2.36. The fourth-order valence-corrected chi connectivity index (χ4v) is 3.42. The van der Waals surface area contributed by atoms with Crippen molar-refractivity contribution in [1.82, 2.24) is 14.7 Å². The van der Waals surface area contributed by atoms with Crippen LogP contribution in [0.5, 0.6) is 0 Å². The summed E-state index contributed by atoms with van der Waals surface area (Å²) in [5.74, 6) is -0.849. The molecule has 0 aromatic carbocycles. The van der Waals surface area contributed by atoms with Gasteiger partial charge in [-0.15, -0.1) is 0 Å². The molecular weight excluding hydrogens is 342 g/mol. The van der Waals surface area contributed by atoms with Crippen molar-refractivity contribution in [1.29, 1.82) is 0 Å². The molecule has 0 aliphatic carbocycles. The fourth-order valence-electron chi connectivity index (χ4n) is 3.42. The first-order valence-electron chi connectivity index (χ1n) is 8.85. The number of carbonyl (C=O) groups is 4. The highest BCUT2D eigenvalue weighted by atomic mass is 16.5. The van der Waals surface area contributed by atoms with Crippen molar-refractivity contribution in [2.75, 3.05) is 33.9 Å². The minimum atomic E-state index is -0.967. The number of carbonyl (C=O) groups excluding carboxylic acids is 4. The Morgan fingerprint density at radius 1 is 1.23 bits per heavy atom. The van der Waals surface area contributed by atoms with Crippen LogP contribution < -0.4 is 0 Å². The molecule has 9 nitrogen and oxygen atoms in total. The molecule has 3 atom stereocenters. The Bertz CT molecular complexity index is 581. The number of hydrogen-bond donors (Lipinski definition) is 0. The van der Waals surface area contributed by atoms with Crippen molar-refractivity contribution in [3.8, 4) is 0 Å². The van der Waals surface area contributed by atoms with Gasteiger partial charge in [0.15, 0.2) is 0 Å². The van der Waals surface area contributed by atoms with Gasteiger partial charge < -0.3 is 19.3 Å². The third-order valence-corrected chi connectivity index (χ3v) is 5.08. The van der Waals surface area contributed by atoms with E-state index >= 15 is 0 Å². The molecule has 3 unspecified atom stereocenters. The number of methoxy groups -OCH3 is 2. The van der Waals surface area contributed by atoms with Crippen molar-refractivity contribution in [2.45, 2.75) is 45.3 Å². The summed E-state index contributed by atoms with van der Waals surface area (Å²) in [7, 11) is 2.52. The van der Waals surface area contributed by atoms with Gasteiger partial charge in [-0.3, -0.25) is 19.3 Å². The van der Waals surface area contributed by atoms with E-state index in [1.54, 1.807) is 4.90 Å². The minimum absolute atomic E-state index is 0.0852. The first-order valence-corrected chi connectivity index (χ1v) is 8.85. The molecule has 2 heterocycles. The van der Waals surface area contributed by atoms with Gasteiger partial charge in [0.05, 0.1) is 27.2 Å². The number of esters is 1. The number of ether oxygens (including phenoxy) is 2. The summed E-state index contributed by atoms with van der Waals surface area (Å²) in [4.78, 5) is 53.9. The first kappa shape index (κ1) is 20.0. The van der Waals surface area contributed by atoms with Crippen LogP contribution in [0.3, 0.4) is 0 Å². The Hall–Kier alpha value is -2.32. The zero-order valence-electron chi connectivity index (χ0n) is 15.8. The predicted octanol–water partition coefficient (Wildman–Crippen LogP) is 0.433. The Morgan fingerprint density at radius 2 is 1.92 bits per heavy atom. The third kappa shape index (κ3) is 3.91. The molecule has 0 radical (unpaired) electrons. The van der Waals surface area contributed by atoms with Crippen molar-refractivity contribution in [2.24, 2.45) is 5.92 Å². The lowest BCUT2D eigenvalue weighted by Crippen LogP contribution is -2.71. The normalized spacial score (nSPS) is 24.2. The van der Waals surface area contributed by atoms with E-state index < -0.39 is 24.3 Å². The average Bonchev–Trinajstić information content (AvgIpc) is 2.64. The van der Waals surface area contributed by atoms with Crippen LogP contribution in [0.25, 0.3) is 0 Å². The number of hydrogen-bond acceptors (Lipinski definition) is 6. The largest absolute Gasteiger partial charge is 0.469 e. The lowest BCUT2D eigenvalue weighted by Gasteiger charge is -2.51. The molecule has 0 aromatic rings. The molecule has 9 heteroatoms. The van der Waals surface area contributed by atoms with Crippen LogP contribution in [0.4, 0.5) is 4.79 Å². The second-order valence-electron chi connectivity index (χ2n) is 6.75. The van der Waals surface area contributed by atoms with E-state index in [2.05, 4.69) is 0 Å². The van der Waals surface area contributed by atoms with Gasteiger partial charge >= 0.3 is 12.1 Å². The van der Waals surface area contributed by atoms with Gasteiger partial charge in [-0.1, -0.05) is 20.3 Å². The monoisotopic (exact) mass is 369 g/mol. The molecule has 0 saturated carbocycles. The Labute approximate surface area is 153 Å². The highest BCUT2D eigenvalue weighted by Crippen LogP contribution is 2.28. The summed E-state index contributed by atoms with van der Waals surface area (Å²) in [5.41, 5.74) is 0. The summed E-state index contributed by atoms with van der Waals surface area (Å²) >= 11 is 0. The lowest BCUT2D eigenvalue weighted by molar-refractivity contribution is -0.171. The summed E-state index contributed by atoms with van der Waals surface area (Å²) in [6.45, 7) is 4.99. The van der Waals surface area contributed by atoms with Crippen LogP contribution in [-0.2, 0) is 23.9 Å². The third-order valence-electron chi connectivity index (χ3n) is 5.08. The van der Waals surface area contributed by atoms with Crippen molar-refractivity contribution < 1.29 is 28.7 Å². The highest BCUT2D eigenvalue weighted by molar-refractivity contribution is 5.93. The van der Waals surface area contributed by atoms with Gasteiger partial charge in [0, 0.05) is 19.5 Å². The van der Waals surface area contributed by atoms with E-state index in [0.29, 0.717) is 6.54 Å². The molecule has 2 saturated heterocycles. The summed E-state index contributed by atoms with van der Waals surface area (Å²) in [5, 5.41) is 0. The van der Waals surface area contributed by atoms with Crippen LogP contribution in [0.1, 0.15) is 33.1 Å². The molecule has 0 aromatic heterocycles. The molecule has 146 valence electrons. The molecule has 2 rings (SSSR count). The molecule has 2 aliphatic rings. The number of fused-ring (bicyclic) bond motifs is 1. The Kier molecular flexibility index (Phi) is 6.44. The summed E-state index contributed by atoms with van der Waals surface area (Å²) in [6, 6.07) is -0.967. The summed E-state index contributed by atoms with van der Waals surface area (Å²) in [6.07, 6.45) is -0.451. The predicted molar refractivity (Wildman–Crippen MR) is 90.8 cm³/mol. The van der Waals surface area contributed by atoms with E-state index in [-0.39, 0.29) is 43.7 Å². The number of nitrogens with zero attached hydrogens (tertiary/aromatic N) is 3. The van der Waals surface area contributed by atoms with E-state index in [1.165, 1.54) is 24.0 Å². The smallest absolute Gasteiger partial charge is 0.411 e. The van der Waals surface area contributed by atoms with Gasteiger partial charge in [0.25, 0.3) is 0 Å². The van der Waals surface area contributed by atoms with Gasteiger partial charge in [0.1, 0.15) is 12.2 Å². The summed E-state index contributed by atoms with van der Waals surface area (Å²) < 4.78 is 9.53. The number of piperazine rings is 1. The topological polar surface area (TPSA) is 96.5 Å². The van der Waals surface area contributed by atoms with Gasteiger partial charge in [-0.2, -0.15) is 0 Å². The number of rotatable bonds is 5. The first-order chi connectivity index (χ1) is 12.3. The highest BCUT2D eigenvalue weighted by Gasteiger charge is 2.49. The van der Waals surface area contributed by atoms with Gasteiger partial charge in [-0.05, 0) is 5.92 Å². The van der Waals surface area contributed by atoms with Crippen LogP contribution in [0.15, 0.2) is 0 Å². The molecule has 3 amide bonds. The van der Waals surface area contributed by atoms with Gasteiger partial charge in [0.2, 0.25) is 11.8 Å². The minimum Gasteiger partial charge on any atom is -0.469 e. The second kappa shape index (κ2) is 8.37. The molecular formula is C17H27N3O6. The van der Waals surface area contributed by atoms with Gasteiger partial charge in [-0.25, -0.2) is 4.79 Å². The van der Waals surface area contributed by atoms with E-state index in [4.69, 9.17) is 9.47 Å². The standard InChI is InChI=1S/C17H27N3O6/c1-5-11(2)9-18-10-13-19(17(24)26-4)7-6-14(21)20(13)12(16(18)23)8-15(22)25-3/h11-13H,5-10H2,1-4H3. The fraction of sp³-hybridized carbons (Fsp3) is 0.765. The zero-order chi connectivity index (χ0) is 19.4. The van der Waals surface area contributed by atoms with Crippen LogP contribution >= 0.6 is 0 Å². The maximum atomic E-state index is 13.0. The van der Waals surface area contributed by atoms with Crippen LogP contribution in [0, 0.1) is 5.92 Å². The van der Waals surface area contributed by atoms with E-state index in [9.17, 15) is 19.2 Å². The van der Waals surface area contributed by atoms with Crippen molar-refractivity contribution in [3.05, 3.63) is 0 Å². The number of amides is 3. The molecule has 26 heavy (non-hydrogen) atoms. The van der Waals surface area contributed by atoms with Crippen LogP contribution in [0.2, 0.25) is 0 Å². The van der Waals surface area contributed by atoms with Crippen molar-refractivity contribution >= 4 is 23.9 Å². The molecule has 0 bridgehead atoms. The quantitative estimate of drug-likeness (QED) is 0.652. The van der Waals surface area contributed by atoms with Crippen LogP contribution in [-0.4, -0.2) is 84.6 Å². The van der Waals surface area contributed by atoms with E-state index in [0.717, 1.165) is 6.42 Å². The average molecular weight is 369 g/mol. The molecule has 2 aliphatic heterocycles. The van der Waals surface area contributed by atoms with Crippen molar-refractivity contribution in [3.63, 3.8) is 0 Å². The maximum Gasteiger partial charge on any atom is 0.411 e. The molecule has 0 N–H and O–H groups in total. The Morgan fingerprint density at radius 3 is 2.50 bits per heavy atom. The van der Waals surface area contributed by atoms with E-state index in [1.807, 2.05) is 13.8 Å². The lowest BCUT2D eigenvalue weighted by atomic mass is 9.99. The second-order valence-corrected chi connectivity index (χ2v) is 6.75. The SMILES string of the molecule is CCC(C)CN1CC2N(C(=O)OC)CCC(=O)N2C(CC(=O)OC)C1=O.